The van der Waals surface area contributed by atoms with Gasteiger partial charge in [-0.25, -0.2) is 4.79 Å². The van der Waals surface area contributed by atoms with Crippen molar-refractivity contribution in [3.05, 3.63) is 53.6 Å². The number of aryl methyl sites for hydroxylation is 1. The smallest absolute Gasteiger partial charge is 0.344 e. The highest BCUT2D eigenvalue weighted by Gasteiger charge is 2.40. The predicted octanol–water partition coefficient (Wildman–Crippen LogP) is 5.37. The molecule has 2 aromatic carbocycles. The Hall–Kier alpha value is -3.13. The summed E-state index contributed by atoms with van der Waals surface area (Å²) in [5, 5.41) is 8.31. The zero-order chi connectivity index (χ0) is 24.7. The van der Waals surface area contributed by atoms with E-state index in [4.69, 9.17) is 31.5 Å². The van der Waals surface area contributed by atoms with Gasteiger partial charge in [-0.2, -0.15) is 5.10 Å². The molecule has 2 aliphatic rings. The Labute approximate surface area is 212 Å². The number of hydrogen-bond donors (Lipinski definition) is 2. The standard InChI is InChI=1S/C27H33N3O4S/c1-3-19-8-10-20(11-9-19)28-26(35)30-29-23-17-27(14-6-5-7-15-27)34-24-13-12-21(16-22(23)24)33-18-25(31)32-4-2/h8-13,16H,3-7,14-15,17-18H2,1-2H3,(H2,28,30,35)/b29-23-. The molecule has 7 nitrogen and oxygen atoms in total. The molecule has 0 aromatic heterocycles. The molecule has 4 rings (SSSR count). The molecule has 0 radical (unpaired) electrons. The monoisotopic (exact) mass is 495 g/mol. The predicted molar refractivity (Wildman–Crippen MR) is 141 cm³/mol. The molecule has 0 bridgehead atoms. The molecule has 0 amide bonds. The minimum absolute atomic E-state index is 0.146. The lowest BCUT2D eigenvalue weighted by Crippen LogP contribution is -2.44. The number of nitrogens with one attached hydrogen (secondary N) is 2. The summed E-state index contributed by atoms with van der Waals surface area (Å²) in [6, 6.07) is 13.8. The molecular weight excluding hydrogens is 462 g/mol. The SMILES string of the molecule is CCOC(=O)COc1ccc2c(c1)/C(=N\NC(=S)Nc1ccc(CC)cc1)CC1(CCCCC1)O2. The summed E-state index contributed by atoms with van der Waals surface area (Å²) in [6.07, 6.45) is 7.19. The van der Waals surface area contributed by atoms with Crippen LogP contribution in [0.5, 0.6) is 11.5 Å². The number of ether oxygens (including phenoxy) is 3. The second kappa shape index (κ2) is 11.5. The highest BCUT2D eigenvalue weighted by molar-refractivity contribution is 7.80. The van der Waals surface area contributed by atoms with Crippen molar-refractivity contribution in [3.63, 3.8) is 0 Å². The molecule has 1 spiro atoms. The first kappa shape index (κ1) is 25.0. The van der Waals surface area contributed by atoms with Crippen molar-refractivity contribution in [1.82, 2.24) is 5.43 Å². The quantitative estimate of drug-likeness (QED) is 0.304. The van der Waals surface area contributed by atoms with Gasteiger partial charge in [0.2, 0.25) is 0 Å². The molecule has 1 heterocycles. The zero-order valence-electron chi connectivity index (χ0n) is 20.4. The Kier molecular flexibility index (Phi) is 8.23. The fraction of sp³-hybridized carbons (Fsp3) is 0.444. The third-order valence-electron chi connectivity index (χ3n) is 6.42. The topological polar surface area (TPSA) is 81.2 Å². The highest BCUT2D eigenvalue weighted by Crippen LogP contribution is 2.43. The average Bonchev–Trinajstić information content (AvgIpc) is 2.87. The van der Waals surface area contributed by atoms with E-state index in [2.05, 4.69) is 29.8 Å². The highest BCUT2D eigenvalue weighted by atomic mass is 32.1. The van der Waals surface area contributed by atoms with Crippen molar-refractivity contribution in [2.45, 2.75) is 64.4 Å². The van der Waals surface area contributed by atoms with Crippen LogP contribution in [0, 0.1) is 0 Å². The van der Waals surface area contributed by atoms with Crippen LogP contribution in [0.3, 0.4) is 0 Å². The molecule has 1 aliphatic carbocycles. The van der Waals surface area contributed by atoms with E-state index in [9.17, 15) is 4.79 Å². The molecule has 0 saturated heterocycles. The first-order chi connectivity index (χ1) is 17.0. The van der Waals surface area contributed by atoms with Gasteiger partial charge in [0.25, 0.3) is 0 Å². The number of esters is 1. The third kappa shape index (κ3) is 6.51. The van der Waals surface area contributed by atoms with E-state index in [1.165, 1.54) is 12.0 Å². The molecule has 1 aliphatic heterocycles. The van der Waals surface area contributed by atoms with Crippen LogP contribution in [-0.2, 0) is 16.0 Å². The van der Waals surface area contributed by atoms with Gasteiger partial charge in [-0.1, -0.05) is 25.5 Å². The zero-order valence-corrected chi connectivity index (χ0v) is 21.2. The average molecular weight is 496 g/mol. The maximum absolute atomic E-state index is 11.7. The number of thiocarbonyl (C=S) groups is 1. The van der Waals surface area contributed by atoms with Crippen LogP contribution in [0.1, 0.15) is 63.5 Å². The Morgan fingerprint density at radius 2 is 1.89 bits per heavy atom. The lowest BCUT2D eigenvalue weighted by molar-refractivity contribution is -0.145. The summed E-state index contributed by atoms with van der Waals surface area (Å²) in [7, 11) is 0. The van der Waals surface area contributed by atoms with E-state index in [0.717, 1.165) is 54.8 Å². The molecule has 2 N–H and O–H groups in total. The first-order valence-corrected chi connectivity index (χ1v) is 12.8. The number of fused-ring (bicyclic) bond motifs is 1. The van der Waals surface area contributed by atoms with Crippen LogP contribution >= 0.6 is 12.2 Å². The van der Waals surface area contributed by atoms with Gasteiger partial charge < -0.3 is 19.5 Å². The molecule has 2 aromatic rings. The minimum atomic E-state index is -0.401. The van der Waals surface area contributed by atoms with Crippen molar-refractivity contribution in [2.24, 2.45) is 5.10 Å². The largest absolute Gasteiger partial charge is 0.486 e. The van der Waals surface area contributed by atoms with E-state index in [1.54, 1.807) is 6.92 Å². The number of hydrazone groups is 1. The summed E-state index contributed by atoms with van der Waals surface area (Å²) in [5.41, 5.74) is 6.65. The lowest BCUT2D eigenvalue weighted by Gasteiger charge is -2.41. The number of benzene rings is 2. The fourth-order valence-electron chi connectivity index (χ4n) is 4.60. The normalized spacial score (nSPS) is 17.3. The summed E-state index contributed by atoms with van der Waals surface area (Å²) >= 11 is 5.50. The summed E-state index contributed by atoms with van der Waals surface area (Å²) < 4.78 is 17.1. The van der Waals surface area contributed by atoms with E-state index < -0.39 is 5.97 Å². The lowest BCUT2D eigenvalue weighted by atomic mass is 9.78. The van der Waals surface area contributed by atoms with Crippen LogP contribution in [-0.4, -0.2) is 35.6 Å². The number of carbonyl (C=O) groups is 1. The number of nitrogens with zero attached hydrogens (tertiary/aromatic N) is 1. The van der Waals surface area contributed by atoms with E-state index >= 15 is 0 Å². The Morgan fingerprint density at radius 1 is 1.11 bits per heavy atom. The van der Waals surface area contributed by atoms with E-state index in [1.807, 2.05) is 30.3 Å². The van der Waals surface area contributed by atoms with Gasteiger partial charge >= 0.3 is 5.97 Å². The summed E-state index contributed by atoms with van der Waals surface area (Å²) in [6.45, 7) is 4.07. The van der Waals surface area contributed by atoms with Crippen LogP contribution in [0.2, 0.25) is 0 Å². The molecular formula is C27H33N3O4S. The minimum Gasteiger partial charge on any atom is -0.486 e. The molecule has 0 unspecified atom stereocenters. The fourth-order valence-corrected chi connectivity index (χ4v) is 4.77. The van der Waals surface area contributed by atoms with Crippen LogP contribution in [0.15, 0.2) is 47.6 Å². The Morgan fingerprint density at radius 3 is 2.60 bits per heavy atom. The van der Waals surface area contributed by atoms with E-state index in [-0.39, 0.29) is 12.2 Å². The van der Waals surface area contributed by atoms with Gasteiger partial charge in [-0.05, 0) is 87.1 Å². The van der Waals surface area contributed by atoms with Gasteiger partial charge in [0, 0.05) is 17.7 Å². The molecule has 0 atom stereocenters. The number of hydrogen-bond acceptors (Lipinski definition) is 6. The van der Waals surface area contributed by atoms with Gasteiger partial charge in [-0.3, -0.25) is 5.43 Å². The maximum atomic E-state index is 11.7. The molecule has 1 saturated carbocycles. The van der Waals surface area contributed by atoms with Gasteiger partial charge in [-0.15, -0.1) is 0 Å². The van der Waals surface area contributed by atoms with Crippen molar-refractivity contribution in [1.29, 1.82) is 0 Å². The Balaban J connectivity index is 1.52. The van der Waals surface area contributed by atoms with Crippen molar-refractivity contribution in [2.75, 3.05) is 18.5 Å². The van der Waals surface area contributed by atoms with E-state index in [0.29, 0.717) is 23.9 Å². The molecule has 186 valence electrons. The number of anilines is 1. The number of carbonyl (C=O) groups excluding carboxylic acids is 1. The van der Waals surface area contributed by atoms with Gasteiger partial charge in [0.05, 0.1) is 12.3 Å². The first-order valence-electron chi connectivity index (χ1n) is 12.3. The maximum Gasteiger partial charge on any atom is 0.344 e. The summed E-state index contributed by atoms with van der Waals surface area (Å²) in [5.74, 6) is 0.933. The van der Waals surface area contributed by atoms with Gasteiger partial charge in [0.15, 0.2) is 11.7 Å². The molecule has 8 heteroatoms. The number of rotatable bonds is 7. The van der Waals surface area contributed by atoms with Gasteiger partial charge in [0.1, 0.15) is 17.1 Å². The van der Waals surface area contributed by atoms with Crippen molar-refractivity contribution in [3.8, 4) is 11.5 Å². The van der Waals surface area contributed by atoms with Crippen LogP contribution in [0.4, 0.5) is 5.69 Å². The molecule has 1 fully saturated rings. The molecule has 35 heavy (non-hydrogen) atoms. The van der Waals surface area contributed by atoms with Crippen LogP contribution < -0.4 is 20.2 Å². The van der Waals surface area contributed by atoms with Crippen molar-refractivity contribution < 1.29 is 19.0 Å². The third-order valence-corrected chi connectivity index (χ3v) is 6.61. The second-order valence-electron chi connectivity index (χ2n) is 8.95. The van der Waals surface area contributed by atoms with Crippen LogP contribution in [0.25, 0.3) is 0 Å². The van der Waals surface area contributed by atoms with Crippen molar-refractivity contribution >= 4 is 34.7 Å². The summed E-state index contributed by atoms with van der Waals surface area (Å²) in [4.78, 5) is 11.7. The Bertz CT molecular complexity index is 1080. The second-order valence-corrected chi connectivity index (χ2v) is 9.36.